The van der Waals surface area contributed by atoms with Gasteiger partial charge in [0, 0.05) is 6.07 Å². The van der Waals surface area contributed by atoms with Crippen molar-refractivity contribution in [1.82, 2.24) is 0 Å². The molecule has 1 atom stereocenters. The number of amides is 1. The second-order valence-corrected chi connectivity index (χ2v) is 5.29. The predicted molar refractivity (Wildman–Crippen MR) is 93.9 cm³/mol. The van der Waals surface area contributed by atoms with E-state index in [1.807, 2.05) is 6.07 Å². The Labute approximate surface area is 154 Å². The molecule has 1 N–H and O–H groups in total. The van der Waals surface area contributed by atoms with Crippen molar-refractivity contribution in [3.63, 3.8) is 0 Å². The topological polar surface area (TPSA) is 132 Å². The van der Waals surface area contributed by atoms with E-state index in [0.717, 1.165) is 0 Å². The zero-order chi connectivity index (χ0) is 19.8. The summed E-state index contributed by atoms with van der Waals surface area (Å²) < 4.78 is 10.1. The van der Waals surface area contributed by atoms with E-state index in [-0.39, 0.29) is 17.0 Å². The van der Waals surface area contributed by atoms with Crippen LogP contribution in [0.5, 0.6) is 5.75 Å². The second kappa shape index (κ2) is 8.96. The number of ether oxygens (including phenoxy) is 2. The number of nitro benzene ring substituents is 1. The van der Waals surface area contributed by atoms with Gasteiger partial charge in [0.05, 0.1) is 16.2 Å². The molecule has 9 nitrogen and oxygen atoms in total. The van der Waals surface area contributed by atoms with E-state index in [0.29, 0.717) is 5.69 Å². The molecule has 0 aliphatic rings. The highest BCUT2D eigenvalue weighted by atomic mass is 16.6. The quantitative estimate of drug-likeness (QED) is 0.450. The number of anilines is 1. The number of esters is 1. The molecule has 0 fully saturated rings. The summed E-state index contributed by atoms with van der Waals surface area (Å²) in [6.07, 6.45) is -1.15. The summed E-state index contributed by atoms with van der Waals surface area (Å²) >= 11 is 0. The standard InChI is InChI=1S/C18H15N3O6/c1-12(18(23)20-14-7-3-2-6-13(14)10-19)27-17(22)11-26-16-9-5-4-8-15(16)21(24)25/h2-9,12H,11H2,1H3,(H,20,23)/t12-/m0/s1. The van der Waals surface area contributed by atoms with E-state index in [1.165, 1.54) is 37.3 Å². The summed E-state index contributed by atoms with van der Waals surface area (Å²) in [5, 5.41) is 22.4. The molecular weight excluding hydrogens is 354 g/mol. The van der Waals surface area contributed by atoms with Crippen molar-refractivity contribution >= 4 is 23.3 Å². The van der Waals surface area contributed by atoms with E-state index in [9.17, 15) is 19.7 Å². The largest absolute Gasteiger partial charge is 0.475 e. The third-order valence-corrected chi connectivity index (χ3v) is 3.39. The van der Waals surface area contributed by atoms with Crippen molar-refractivity contribution in [3.8, 4) is 11.8 Å². The maximum Gasteiger partial charge on any atom is 0.344 e. The SMILES string of the molecule is C[C@H](OC(=O)COc1ccccc1[N+](=O)[O-])C(=O)Nc1ccccc1C#N. The molecule has 0 radical (unpaired) electrons. The average molecular weight is 369 g/mol. The fraction of sp³-hybridized carbons (Fsp3) is 0.167. The van der Waals surface area contributed by atoms with Crippen LogP contribution in [0.15, 0.2) is 48.5 Å². The minimum atomic E-state index is -1.15. The van der Waals surface area contributed by atoms with Gasteiger partial charge in [-0.2, -0.15) is 5.26 Å². The van der Waals surface area contributed by atoms with Gasteiger partial charge in [0.25, 0.3) is 5.91 Å². The van der Waals surface area contributed by atoms with Crippen LogP contribution in [0.1, 0.15) is 12.5 Å². The van der Waals surface area contributed by atoms with Gasteiger partial charge in [-0.1, -0.05) is 24.3 Å². The highest BCUT2D eigenvalue weighted by Crippen LogP contribution is 2.25. The molecule has 0 unspecified atom stereocenters. The Morgan fingerprint density at radius 2 is 1.89 bits per heavy atom. The van der Waals surface area contributed by atoms with Crippen molar-refractivity contribution < 1.29 is 24.0 Å². The maximum atomic E-state index is 12.1. The van der Waals surface area contributed by atoms with Crippen LogP contribution in [0.4, 0.5) is 11.4 Å². The second-order valence-electron chi connectivity index (χ2n) is 5.29. The number of carbonyl (C=O) groups is 2. The van der Waals surface area contributed by atoms with Gasteiger partial charge in [-0.05, 0) is 25.1 Å². The van der Waals surface area contributed by atoms with Gasteiger partial charge in [0.15, 0.2) is 18.5 Å². The monoisotopic (exact) mass is 369 g/mol. The molecule has 1 amide bonds. The van der Waals surface area contributed by atoms with Crippen molar-refractivity contribution in [2.24, 2.45) is 0 Å². The lowest BCUT2D eigenvalue weighted by Crippen LogP contribution is -2.31. The molecule has 0 bridgehead atoms. The first kappa shape index (κ1) is 19.4. The van der Waals surface area contributed by atoms with E-state index in [2.05, 4.69) is 5.32 Å². The van der Waals surface area contributed by atoms with Crippen LogP contribution in [-0.4, -0.2) is 29.5 Å². The molecule has 2 rings (SSSR count). The maximum absolute atomic E-state index is 12.1. The van der Waals surface area contributed by atoms with Crippen LogP contribution < -0.4 is 10.1 Å². The molecule has 0 aliphatic heterocycles. The number of nitriles is 1. The highest BCUT2D eigenvalue weighted by Gasteiger charge is 2.20. The van der Waals surface area contributed by atoms with Crippen LogP contribution in [0, 0.1) is 21.4 Å². The molecule has 27 heavy (non-hydrogen) atoms. The van der Waals surface area contributed by atoms with Crippen LogP contribution in [0.3, 0.4) is 0 Å². The van der Waals surface area contributed by atoms with Crippen LogP contribution in [0.2, 0.25) is 0 Å². The molecular formula is C18H15N3O6. The number of carbonyl (C=O) groups excluding carboxylic acids is 2. The van der Waals surface area contributed by atoms with E-state index >= 15 is 0 Å². The van der Waals surface area contributed by atoms with Crippen LogP contribution >= 0.6 is 0 Å². The molecule has 0 aromatic heterocycles. The first-order valence-corrected chi connectivity index (χ1v) is 7.78. The molecule has 0 saturated carbocycles. The predicted octanol–water partition coefficient (Wildman–Crippen LogP) is 2.42. The number of nitrogens with one attached hydrogen (secondary N) is 1. The summed E-state index contributed by atoms with van der Waals surface area (Å²) in [5.41, 5.74) is 0.275. The molecule has 0 heterocycles. The lowest BCUT2D eigenvalue weighted by Gasteiger charge is -2.14. The first-order valence-electron chi connectivity index (χ1n) is 7.78. The minimum Gasteiger partial charge on any atom is -0.475 e. The fourth-order valence-electron chi connectivity index (χ4n) is 2.08. The van der Waals surface area contributed by atoms with Crippen LogP contribution in [0.25, 0.3) is 0 Å². The number of benzene rings is 2. The number of hydrogen-bond acceptors (Lipinski definition) is 7. The van der Waals surface area contributed by atoms with Gasteiger partial charge in [0.2, 0.25) is 0 Å². The number of nitrogens with zero attached hydrogens (tertiary/aromatic N) is 2. The first-order chi connectivity index (χ1) is 12.9. The van der Waals surface area contributed by atoms with Gasteiger partial charge in [-0.15, -0.1) is 0 Å². The van der Waals surface area contributed by atoms with Crippen molar-refractivity contribution in [2.75, 3.05) is 11.9 Å². The fourth-order valence-corrected chi connectivity index (χ4v) is 2.08. The summed E-state index contributed by atoms with van der Waals surface area (Å²) in [7, 11) is 0. The average Bonchev–Trinajstić information content (AvgIpc) is 2.66. The molecule has 2 aromatic rings. The van der Waals surface area contributed by atoms with E-state index in [4.69, 9.17) is 14.7 Å². The van der Waals surface area contributed by atoms with Gasteiger partial charge in [0.1, 0.15) is 6.07 Å². The summed E-state index contributed by atoms with van der Waals surface area (Å²) in [6, 6.07) is 13.9. The lowest BCUT2D eigenvalue weighted by atomic mass is 10.2. The Morgan fingerprint density at radius 3 is 2.59 bits per heavy atom. The Kier molecular flexibility index (Phi) is 6.44. The normalized spacial score (nSPS) is 11.0. The van der Waals surface area contributed by atoms with Gasteiger partial charge in [-0.25, -0.2) is 4.79 Å². The number of para-hydroxylation sites is 3. The van der Waals surface area contributed by atoms with E-state index in [1.54, 1.807) is 18.2 Å². The van der Waals surface area contributed by atoms with Gasteiger partial charge >= 0.3 is 11.7 Å². The van der Waals surface area contributed by atoms with Crippen LogP contribution in [-0.2, 0) is 14.3 Å². The Hall–Kier alpha value is -3.93. The third-order valence-electron chi connectivity index (χ3n) is 3.39. The van der Waals surface area contributed by atoms with Gasteiger partial charge < -0.3 is 14.8 Å². The van der Waals surface area contributed by atoms with Gasteiger partial charge in [-0.3, -0.25) is 14.9 Å². The Bertz CT molecular complexity index is 906. The zero-order valence-corrected chi connectivity index (χ0v) is 14.2. The highest BCUT2D eigenvalue weighted by molar-refractivity contribution is 5.96. The molecule has 138 valence electrons. The summed E-state index contributed by atoms with van der Waals surface area (Å²) in [4.78, 5) is 34.2. The van der Waals surface area contributed by atoms with E-state index < -0.39 is 29.5 Å². The molecule has 0 aliphatic carbocycles. The van der Waals surface area contributed by atoms with Crippen molar-refractivity contribution in [2.45, 2.75) is 13.0 Å². The molecule has 2 aromatic carbocycles. The number of nitro groups is 1. The molecule has 0 saturated heterocycles. The third kappa shape index (κ3) is 5.27. The summed E-state index contributed by atoms with van der Waals surface area (Å²) in [6.45, 7) is 0.754. The lowest BCUT2D eigenvalue weighted by molar-refractivity contribution is -0.385. The Balaban J connectivity index is 1.91. The Morgan fingerprint density at radius 1 is 1.22 bits per heavy atom. The molecule has 0 spiro atoms. The minimum absolute atomic E-state index is 0.0838. The summed E-state index contributed by atoms with van der Waals surface area (Å²) in [5.74, 6) is -1.58. The smallest absolute Gasteiger partial charge is 0.344 e. The number of rotatable bonds is 7. The number of hydrogen-bond donors (Lipinski definition) is 1. The zero-order valence-electron chi connectivity index (χ0n) is 14.2. The van der Waals surface area contributed by atoms with Crippen molar-refractivity contribution in [1.29, 1.82) is 5.26 Å². The molecule has 9 heteroatoms. The van der Waals surface area contributed by atoms with Crippen molar-refractivity contribution in [3.05, 3.63) is 64.2 Å².